The number of nitrogens with zero attached hydrogens (tertiary/aromatic N) is 3. The van der Waals surface area contributed by atoms with E-state index >= 15 is 0 Å². The first-order chi connectivity index (χ1) is 8.86. The maximum Gasteiger partial charge on any atom is 0.0849 e. The smallest absolute Gasteiger partial charge is 0.0849 e. The standard InChI is InChI=1S/C8H15N3O.3C2H6/c1-2-3-5-11-7-8(4-6-12)9-10-11;3*1-2/h7,12H,2-6H2,1H3;3*1-2H3. The summed E-state index contributed by atoms with van der Waals surface area (Å²) in [5, 5.41) is 16.5. The van der Waals surface area contributed by atoms with Crippen LogP contribution in [0.1, 0.15) is 67.0 Å². The van der Waals surface area contributed by atoms with Crippen molar-refractivity contribution in [2.75, 3.05) is 6.61 Å². The molecule has 1 rings (SSSR count). The van der Waals surface area contributed by atoms with E-state index in [1.54, 1.807) is 0 Å². The van der Waals surface area contributed by atoms with E-state index in [0.29, 0.717) is 6.42 Å². The molecule has 0 atom stereocenters. The van der Waals surface area contributed by atoms with Crippen LogP contribution in [0, 0.1) is 0 Å². The van der Waals surface area contributed by atoms with E-state index < -0.39 is 0 Å². The Labute approximate surface area is 113 Å². The fraction of sp³-hybridized carbons (Fsp3) is 0.857. The molecule has 0 unspecified atom stereocenters. The minimum Gasteiger partial charge on any atom is -0.396 e. The van der Waals surface area contributed by atoms with E-state index in [4.69, 9.17) is 5.11 Å². The minimum atomic E-state index is 0.145. The Bertz CT molecular complexity index is 225. The fourth-order valence-electron chi connectivity index (χ4n) is 0.997. The number of hydrogen-bond acceptors (Lipinski definition) is 3. The maximum absolute atomic E-state index is 8.63. The summed E-state index contributed by atoms with van der Waals surface area (Å²) in [6.45, 7) is 15.2. The highest BCUT2D eigenvalue weighted by Crippen LogP contribution is 1.96. The summed E-state index contributed by atoms with van der Waals surface area (Å²) in [6.07, 6.45) is 4.79. The number of hydrogen-bond donors (Lipinski definition) is 1. The van der Waals surface area contributed by atoms with Gasteiger partial charge in [-0.15, -0.1) is 5.10 Å². The molecule has 0 saturated carbocycles. The molecule has 0 saturated heterocycles. The summed E-state index contributed by atoms with van der Waals surface area (Å²) in [6, 6.07) is 0. The molecule has 18 heavy (non-hydrogen) atoms. The third-order valence-corrected chi connectivity index (χ3v) is 1.69. The molecule has 1 aromatic rings. The van der Waals surface area contributed by atoms with E-state index in [9.17, 15) is 0 Å². The van der Waals surface area contributed by atoms with Crippen molar-refractivity contribution in [3.05, 3.63) is 11.9 Å². The number of unbranched alkanes of at least 4 members (excludes halogenated alkanes) is 1. The number of aryl methyl sites for hydroxylation is 1. The van der Waals surface area contributed by atoms with Crippen molar-refractivity contribution in [3.63, 3.8) is 0 Å². The number of aliphatic hydroxyl groups excluding tert-OH is 1. The van der Waals surface area contributed by atoms with Crippen molar-refractivity contribution in [3.8, 4) is 0 Å². The first-order valence-electron chi connectivity index (χ1n) is 7.36. The van der Waals surface area contributed by atoms with Gasteiger partial charge in [0.2, 0.25) is 0 Å². The normalized spacial score (nSPS) is 8.00. The van der Waals surface area contributed by atoms with E-state index in [2.05, 4.69) is 17.2 Å². The third kappa shape index (κ3) is 13.2. The van der Waals surface area contributed by atoms with Gasteiger partial charge < -0.3 is 5.11 Å². The lowest BCUT2D eigenvalue weighted by molar-refractivity contribution is 0.298. The SMILES string of the molecule is CC.CC.CC.CCCCn1cc(CCO)nn1. The zero-order chi connectivity index (χ0) is 14.8. The predicted octanol–water partition coefficient (Wildman–Crippen LogP) is 3.69. The molecule has 110 valence electrons. The molecular formula is C14H33N3O. The first-order valence-corrected chi connectivity index (χ1v) is 7.36. The molecule has 0 radical (unpaired) electrons. The third-order valence-electron chi connectivity index (χ3n) is 1.69. The topological polar surface area (TPSA) is 50.9 Å². The van der Waals surface area contributed by atoms with Crippen LogP contribution in [0.15, 0.2) is 6.20 Å². The van der Waals surface area contributed by atoms with E-state index in [-0.39, 0.29) is 6.61 Å². The Morgan fingerprint density at radius 1 is 1.11 bits per heavy atom. The molecule has 0 fully saturated rings. The molecule has 1 aromatic heterocycles. The molecular weight excluding hydrogens is 226 g/mol. The lowest BCUT2D eigenvalue weighted by Gasteiger charge is -1.95. The second-order valence-corrected chi connectivity index (χ2v) is 2.80. The Morgan fingerprint density at radius 2 is 1.67 bits per heavy atom. The molecule has 4 heteroatoms. The van der Waals surface area contributed by atoms with Crippen LogP contribution in [0.4, 0.5) is 0 Å². The van der Waals surface area contributed by atoms with Gasteiger partial charge in [0.1, 0.15) is 0 Å². The lowest BCUT2D eigenvalue weighted by Crippen LogP contribution is -1.97. The molecule has 0 aliphatic rings. The highest BCUT2D eigenvalue weighted by atomic mass is 16.3. The van der Waals surface area contributed by atoms with Gasteiger partial charge in [0, 0.05) is 25.8 Å². The summed E-state index contributed by atoms with van der Waals surface area (Å²) in [7, 11) is 0. The molecule has 0 amide bonds. The Hall–Kier alpha value is -0.900. The number of rotatable bonds is 5. The van der Waals surface area contributed by atoms with Crippen molar-refractivity contribution in [1.82, 2.24) is 15.0 Å². The summed E-state index contributed by atoms with van der Waals surface area (Å²) >= 11 is 0. The van der Waals surface area contributed by atoms with Crippen molar-refractivity contribution < 1.29 is 5.11 Å². The van der Waals surface area contributed by atoms with Gasteiger partial charge >= 0.3 is 0 Å². The zero-order valence-electron chi connectivity index (χ0n) is 13.4. The lowest BCUT2D eigenvalue weighted by atomic mass is 10.3. The molecule has 0 aromatic carbocycles. The summed E-state index contributed by atoms with van der Waals surface area (Å²) in [5.41, 5.74) is 0.869. The van der Waals surface area contributed by atoms with Crippen LogP contribution in [0.3, 0.4) is 0 Å². The van der Waals surface area contributed by atoms with E-state index in [0.717, 1.165) is 25.1 Å². The second-order valence-electron chi connectivity index (χ2n) is 2.80. The van der Waals surface area contributed by atoms with Crippen molar-refractivity contribution >= 4 is 0 Å². The minimum absolute atomic E-state index is 0.145. The van der Waals surface area contributed by atoms with Crippen LogP contribution in [-0.4, -0.2) is 26.7 Å². The quantitative estimate of drug-likeness (QED) is 0.877. The van der Waals surface area contributed by atoms with Crippen LogP contribution in [0.5, 0.6) is 0 Å². The van der Waals surface area contributed by atoms with Gasteiger partial charge in [-0.1, -0.05) is 60.1 Å². The highest BCUT2D eigenvalue weighted by Gasteiger charge is 1.98. The number of aliphatic hydroxyl groups is 1. The molecule has 4 nitrogen and oxygen atoms in total. The highest BCUT2D eigenvalue weighted by molar-refractivity contribution is 4.91. The summed E-state index contributed by atoms with van der Waals surface area (Å²) in [5.74, 6) is 0. The monoisotopic (exact) mass is 259 g/mol. The van der Waals surface area contributed by atoms with Gasteiger partial charge in [0.15, 0.2) is 0 Å². The predicted molar refractivity (Wildman–Crippen MR) is 79.8 cm³/mol. The van der Waals surface area contributed by atoms with Crippen molar-refractivity contribution in [2.45, 2.75) is 74.3 Å². The first kappa shape index (κ1) is 22.3. The van der Waals surface area contributed by atoms with Crippen LogP contribution in [0.2, 0.25) is 0 Å². The average Bonchev–Trinajstić information content (AvgIpc) is 2.91. The average molecular weight is 259 g/mol. The maximum atomic E-state index is 8.63. The van der Waals surface area contributed by atoms with E-state index in [1.807, 2.05) is 52.4 Å². The molecule has 1 heterocycles. The van der Waals surface area contributed by atoms with Crippen LogP contribution in [-0.2, 0) is 13.0 Å². The van der Waals surface area contributed by atoms with Gasteiger partial charge in [-0.2, -0.15) is 0 Å². The van der Waals surface area contributed by atoms with Gasteiger partial charge in [-0.3, -0.25) is 4.68 Å². The van der Waals surface area contributed by atoms with Gasteiger partial charge in [-0.25, -0.2) is 0 Å². The Kier molecular flexibility index (Phi) is 26.5. The summed E-state index contributed by atoms with van der Waals surface area (Å²) < 4.78 is 1.83. The van der Waals surface area contributed by atoms with Crippen LogP contribution >= 0.6 is 0 Å². The van der Waals surface area contributed by atoms with Gasteiger partial charge in [0.25, 0.3) is 0 Å². The Morgan fingerprint density at radius 3 is 2.11 bits per heavy atom. The van der Waals surface area contributed by atoms with Crippen LogP contribution in [0.25, 0.3) is 0 Å². The molecule has 0 aliphatic carbocycles. The zero-order valence-corrected chi connectivity index (χ0v) is 13.4. The van der Waals surface area contributed by atoms with Crippen LogP contribution < -0.4 is 0 Å². The van der Waals surface area contributed by atoms with Crippen molar-refractivity contribution in [1.29, 1.82) is 0 Å². The molecule has 0 spiro atoms. The molecule has 1 N–H and O–H groups in total. The number of aromatic nitrogens is 3. The molecule has 0 aliphatic heterocycles. The largest absolute Gasteiger partial charge is 0.396 e. The Balaban J connectivity index is -0.000000328. The summed E-state index contributed by atoms with van der Waals surface area (Å²) in [4.78, 5) is 0. The van der Waals surface area contributed by atoms with Gasteiger partial charge in [-0.05, 0) is 6.42 Å². The second kappa shape index (κ2) is 21.4. The molecule has 0 bridgehead atoms. The van der Waals surface area contributed by atoms with E-state index in [1.165, 1.54) is 0 Å². The van der Waals surface area contributed by atoms with Gasteiger partial charge in [0.05, 0.1) is 5.69 Å². The van der Waals surface area contributed by atoms with Crippen molar-refractivity contribution in [2.24, 2.45) is 0 Å². The fourth-order valence-corrected chi connectivity index (χ4v) is 0.997.